The predicted molar refractivity (Wildman–Crippen MR) is 51.9 cm³/mol. The molecule has 4 heteroatoms. The maximum atomic E-state index is 12.4. The van der Waals surface area contributed by atoms with Crippen molar-refractivity contribution < 1.29 is 18.3 Å². The van der Waals surface area contributed by atoms with Gasteiger partial charge in [0, 0.05) is 10.9 Å². The zero-order valence-corrected chi connectivity index (χ0v) is 8.08. The van der Waals surface area contributed by atoms with Gasteiger partial charge in [-0.1, -0.05) is 18.2 Å². The van der Waals surface area contributed by atoms with Crippen molar-refractivity contribution in [2.45, 2.75) is 19.5 Å². The summed E-state index contributed by atoms with van der Waals surface area (Å²) in [7, 11) is 0. The molecular weight excluding hydrogens is 202 g/mol. The molecule has 0 aliphatic rings. The summed E-state index contributed by atoms with van der Waals surface area (Å²) in [5.74, 6) is 0.337. The van der Waals surface area contributed by atoms with E-state index in [-0.39, 0.29) is 5.56 Å². The highest BCUT2D eigenvalue weighted by atomic mass is 19.3. The van der Waals surface area contributed by atoms with Gasteiger partial charge in [-0.2, -0.15) is 0 Å². The first-order chi connectivity index (χ1) is 7.11. The van der Waals surface area contributed by atoms with Crippen LogP contribution in [0.3, 0.4) is 0 Å². The Morgan fingerprint density at radius 3 is 2.60 bits per heavy atom. The van der Waals surface area contributed by atoms with Crippen LogP contribution in [0.4, 0.5) is 8.78 Å². The van der Waals surface area contributed by atoms with Gasteiger partial charge in [0.05, 0.1) is 0 Å². The van der Waals surface area contributed by atoms with Crippen molar-refractivity contribution in [3.8, 4) is 0 Å². The lowest BCUT2D eigenvalue weighted by molar-refractivity contribution is -0.00584. The van der Waals surface area contributed by atoms with E-state index in [4.69, 9.17) is 4.42 Å². The number of hydrogen-bond acceptors (Lipinski definition) is 2. The molecule has 0 fully saturated rings. The Morgan fingerprint density at radius 2 is 1.93 bits per heavy atom. The van der Waals surface area contributed by atoms with E-state index in [9.17, 15) is 13.9 Å². The summed E-state index contributed by atoms with van der Waals surface area (Å²) in [4.78, 5) is 0. The maximum Gasteiger partial charge on any atom is 0.268 e. The monoisotopic (exact) mass is 212 g/mol. The number of fused-ring (bicyclic) bond motifs is 1. The number of halogens is 2. The Balaban J connectivity index is 2.63. The third-order valence-electron chi connectivity index (χ3n) is 2.35. The standard InChI is InChI=1S/C11H10F2O2/c1-6-9(10(14)11(12)13)7-4-2-3-5-8(7)15-6/h2-5,10-11,14H,1H3. The summed E-state index contributed by atoms with van der Waals surface area (Å²) < 4.78 is 30.1. The minimum absolute atomic E-state index is 0.181. The van der Waals surface area contributed by atoms with Crippen LogP contribution in [-0.2, 0) is 0 Å². The van der Waals surface area contributed by atoms with E-state index in [1.807, 2.05) is 0 Å². The molecule has 1 atom stereocenters. The number of aliphatic hydroxyl groups is 1. The van der Waals surface area contributed by atoms with E-state index < -0.39 is 12.5 Å². The predicted octanol–water partition coefficient (Wildman–Crippen LogP) is 3.04. The van der Waals surface area contributed by atoms with Crippen molar-refractivity contribution in [3.63, 3.8) is 0 Å². The van der Waals surface area contributed by atoms with Crippen LogP contribution in [0.2, 0.25) is 0 Å². The van der Waals surface area contributed by atoms with E-state index in [0.717, 1.165) is 0 Å². The van der Waals surface area contributed by atoms with Gasteiger partial charge in [0.2, 0.25) is 0 Å². The molecule has 15 heavy (non-hydrogen) atoms. The summed E-state index contributed by atoms with van der Waals surface area (Å²) >= 11 is 0. The molecule has 0 saturated heterocycles. The van der Waals surface area contributed by atoms with Crippen molar-refractivity contribution in [3.05, 3.63) is 35.6 Å². The van der Waals surface area contributed by atoms with Gasteiger partial charge < -0.3 is 9.52 Å². The number of para-hydroxylation sites is 1. The van der Waals surface area contributed by atoms with E-state index in [0.29, 0.717) is 16.7 Å². The van der Waals surface area contributed by atoms with E-state index >= 15 is 0 Å². The molecule has 1 N–H and O–H groups in total. The van der Waals surface area contributed by atoms with Crippen molar-refractivity contribution >= 4 is 11.0 Å². The lowest BCUT2D eigenvalue weighted by Gasteiger charge is -2.08. The zero-order valence-electron chi connectivity index (χ0n) is 8.08. The topological polar surface area (TPSA) is 33.4 Å². The van der Waals surface area contributed by atoms with Crippen LogP contribution in [0.1, 0.15) is 17.4 Å². The highest BCUT2D eigenvalue weighted by molar-refractivity contribution is 5.82. The van der Waals surface area contributed by atoms with Crippen LogP contribution in [0.25, 0.3) is 11.0 Å². The van der Waals surface area contributed by atoms with Crippen LogP contribution in [0, 0.1) is 6.92 Å². The summed E-state index contributed by atoms with van der Waals surface area (Å²) in [6.45, 7) is 1.57. The molecular formula is C11H10F2O2. The average molecular weight is 212 g/mol. The molecule has 80 valence electrons. The van der Waals surface area contributed by atoms with Crippen molar-refractivity contribution in [1.29, 1.82) is 0 Å². The molecule has 0 spiro atoms. The number of furan rings is 1. The Hall–Kier alpha value is -1.42. The van der Waals surface area contributed by atoms with Gasteiger partial charge in [0.15, 0.2) is 0 Å². The van der Waals surface area contributed by atoms with Crippen molar-refractivity contribution in [1.82, 2.24) is 0 Å². The number of rotatable bonds is 2. The molecule has 2 rings (SSSR count). The minimum atomic E-state index is -2.80. The van der Waals surface area contributed by atoms with Crippen LogP contribution >= 0.6 is 0 Å². The first kappa shape index (κ1) is 10.1. The summed E-state index contributed by atoms with van der Waals surface area (Å²) in [6.07, 6.45) is -4.58. The van der Waals surface area contributed by atoms with Crippen molar-refractivity contribution in [2.24, 2.45) is 0 Å². The molecule has 1 heterocycles. The fraction of sp³-hybridized carbons (Fsp3) is 0.273. The van der Waals surface area contributed by atoms with E-state index in [1.165, 1.54) is 0 Å². The zero-order chi connectivity index (χ0) is 11.0. The summed E-state index contributed by atoms with van der Waals surface area (Å²) in [5, 5.41) is 9.90. The van der Waals surface area contributed by atoms with Gasteiger partial charge >= 0.3 is 0 Å². The third kappa shape index (κ3) is 1.61. The highest BCUT2D eigenvalue weighted by Crippen LogP contribution is 2.32. The van der Waals surface area contributed by atoms with Gasteiger partial charge in [-0.15, -0.1) is 0 Å². The van der Waals surface area contributed by atoms with Gasteiger partial charge in [0.25, 0.3) is 6.43 Å². The fourth-order valence-electron chi connectivity index (χ4n) is 1.68. The molecule has 0 bridgehead atoms. The Kier molecular flexibility index (Phi) is 2.44. The second-order valence-corrected chi connectivity index (χ2v) is 3.35. The summed E-state index contributed by atoms with van der Waals surface area (Å²) in [5.41, 5.74) is 0.699. The van der Waals surface area contributed by atoms with Crippen LogP contribution in [-0.4, -0.2) is 11.5 Å². The van der Waals surface area contributed by atoms with Crippen LogP contribution in [0.5, 0.6) is 0 Å². The van der Waals surface area contributed by atoms with E-state index in [1.54, 1.807) is 31.2 Å². The Labute approximate surface area is 85.1 Å². The normalized spacial score (nSPS) is 13.7. The maximum absolute atomic E-state index is 12.4. The molecule has 1 unspecified atom stereocenters. The quantitative estimate of drug-likeness (QED) is 0.829. The molecule has 1 aromatic heterocycles. The third-order valence-corrected chi connectivity index (χ3v) is 2.35. The fourth-order valence-corrected chi connectivity index (χ4v) is 1.68. The minimum Gasteiger partial charge on any atom is -0.461 e. The average Bonchev–Trinajstić information content (AvgIpc) is 2.52. The molecule has 2 nitrogen and oxygen atoms in total. The number of aliphatic hydroxyl groups excluding tert-OH is 1. The Bertz CT molecular complexity index is 476. The lowest BCUT2D eigenvalue weighted by Crippen LogP contribution is -2.08. The molecule has 1 aromatic carbocycles. The second-order valence-electron chi connectivity index (χ2n) is 3.35. The molecule has 0 radical (unpaired) electrons. The van der Waals surface area contributed by atoms with Crippen LogP contribution < -0.4 is 0 Å². The highest BCUT2D eigenvalue weighted by Gasteiger charge is 2.25. The SMILES string of the molecule is Cc1oc2ccccc2c1C(O)C(F)F. The first-order valence-corrected chi connectivity index (χ1v) is 4.55. The van der Waals surface area contributed by atoms with Gasteiger partial charge in [0.1, 0.15) is 17.4 Å². The lowest BCUT2D eigenvalue weighted by atomic mass is 10.1. The molecule has 2 aromatic rings. The second kappa shape index (κ2) is 3.62. The smallest absolute Gasteiger partial charge is 0.268 e. The van der Waals surface area contributed by atoms with Crippen molar-refractivity contribution in [2.75, 3.05) is 0 Å². The molecule has 0 saturated carbocycles. The summed E-state index contributed by atoms with van der Waals surface area (Å²) in [6, 6.07) is 6.82. The number of benzene rings is 1. The number of alkyl halides is 2. The molecule has 0 amide bonds. The van der Waals surface area contributed by atoms with E-state index in [2.05, 4.69) is 0 Å². The van der Waals surface area contributed by atoms with Gasteiger partial charge in [-0.3, -0.25) is 0 Å². The van der Waals surface area contributed by atoms with Gasteiger partial charge in [-0.05, 0) is 13.0 Å². The number of hydrogen-bond donors (Lipinski definition) is 1. The van der Waals surface area contributed by atoms with Gasteiger partial charge in [-0.25, -0.2) is 8.78 Å². The van der Waals surface area contributed by atoms with Crippen LogP contribution in [0.15, 0.2) is 28.7 Å². The molecule has 0 aliphatic heterocycles. The molecule has 0 aliphatic carbocycles. The Morgan fingerprint density at radius 1 is 1.27 bits per heavy atom. The number of aryl methyl sites for hydroxylation is 1. The first-order valence-electron chi connectivity index (χ1n) is 4.55. The largest absolute Gasteiger partial charge is 0.461 e.